The third-order valence-electron chi connectivity index (χ3n) is 4.31. The van der Waals surface area contributed by atoms with Gasteiger partial charge in [0, 0.05) is 10.8 Å². The maximum absolute atomic E-state index is 9.40. The second-order valence-corrected chi connectivity index (χ2v) is 5.80. The number of nitriles is 4. The predicted octanol–water partition coefficient (Wildman–Crippen LogP) is 3.31. The molecule has 2 aromatic heterocycles. The molecule has 0 aliphatic carbocycles. The summed E-state index contributed by atoms with van der Waals surface area (Å²) in [6.45, 7) is 14.6. The summed E-state index contributed by atoms with van der Waals surface area (Å²) in [6.07, 6.45) is 0. The highest BCUT2D eigenvalue weighted by atomic mass is 15.0. The highest BCUT2D eigenvalue weighted by molar-refractivity contribution is 6.22. The quantitative estimate of drug-likeness (QED) is 0.331. The summed E-state index contributed by atoms with van der Waals surface area (Å²) in [5, 5.41) is 38.1. The fourth-order valence-electron chi connectivity index (χ4n) is 3.04. The first kappa shape index (κ1) is 17.7. The zero-order valence-electron chi connectivity index (χ0n) is 14.6. The van der Waals surface area contributed by atoms with Crippen molar-refractivity contribution in [2.24, 2.45) is 0 Å². The molecule has 0 radical (unpaired) electrons. The molecule has 0 N–H and O–H groups in total. The van der Waals surface area contributed by atoms with Crippen molar-refractivity contribution in [1.82, 2.24) is 19.9 Å². The van der Waals surface area contributed by atoms with Gasteiger partial charge in [0.25, 0.3) is 0 Å². The summed E-state index contributed by atoms with van der Waals surface area (Å²) in [5.74, 6) is -0.235. The number of aromatic nitrogens is 4. The molecule has 0 amide bonds. The number of benzene rings is 2. The zero-order chi connectivity index (χ0) is 21.4. The van der Waals surface area contributed by atoms with E-state index < -0.39 is 0 Å². The molecule has 0 saturated carbocycles. The first-order chi connectivity index (χ1) is 14.6. The molecule has 0 atom stereocenters. The van der Waals surface area contributed by atoms with Crippen molar-refractivity contribution in [2.45, 2.75) is 0 Å². The Kier molecular flexibility index (Phi) is 3.83. The van der Waals surface area contributed by atoms with Crippen LogP contribution < -0.4 is 0 Å². The van der Waals surface area contributed by atoms with Crippen LogP contribution in [0.15, 0.2) is 12.1 Å². The molecule has 0 aliphatic rings. The van der Waals surface area contributed by atoms with E-state index in [2.05, 4.69) is 29.6 Å². The standard InChI is InChI=1S/C20H2N10/c1-25-12-4-11-10(3-9(12)5-21)16-18(28-14(7-23)13(6-22)27-16)19-17(11)30-20(26-2)15(8-24)29-19/h3-4H. The van der Waals surface area contributed by atoms with E-state index in [1.54, 1.807) is 18.2 Å². The lowest BCUT2D eigenvalue weighted by atomic mass is 10.0. The normalized spacial score (nSPS) is 9.80. The average Bonchev–Trinajstić information content (AvgIpc) is 2.81. The van der Waals surface area contributed by atoms with Crippen molar-refractivity contribution in [3.05, 3.63) is 57.6 Å². The molecule has 0 bridgehead atoms. The lowest BCUT2D eigenvalue weighted by Gasteiger charge is -2.09. The van der Waals surface area contributed by atoms with Gasteiger partial charge in [-0.05, 0) is 12.1 Å². The fourth-order valence-corrected chi connectivity index (χ4v) is 3.04. The molecule has 0 aliphatic heterocycles. The van der Waals surface area contributed by atoms with Gasteiger partial charge in [0.1, 0.15) is 34.8 Å². The molecular weight excluding hydrogens is 380 g/mol. The molecule has 132 valence electrons. The minimum atomic E-state index is -0.238. The maximum Gasteiger partial charge on any atom is 0.307 e. The Labute approximate surface area is 167 Å². The van der Waals surface area contributed by atoms with E-state index in [9.17, 15) is 21.0 Å². The van der Waals surface area contributed by atoms with Crippen LogP contribution in [0.25, 0.3) is 42.5 Å². The van der Waals surface area contributed by atoms with Crippen LogP contribution in [0.5, 0.6) is 0 Å². The number of fused-ring (bicyclic) bond motifs is 6. The summed E-state index contributed by atoms with van der Waals surface area (Å²) < 4.78 is 0. The van der Waals surface area contributed by atoms with Gasteiger partial charge in [-0.2, -0.15) is 21.0 Å². The van der Waals surface area contributed by atoms with Crippen molar-refractivity contribution >= 4 is 44.3 Å². The van der Waals surface area contributed by atoms with Crippen LogP contribution in [-0.4, -0.2) is 19.9 Å². The maximum atomic E-state index is 9.40. The Morgan fingerprint density at radius 2 is 1.17 bits per heavy atom. The van der Waals surface area contributed by atoms with Crippen molar-refractivity contribution in [3.63, 3.8) is 0 Å². The van der Waals surface area contributed by atoms with Gasteiger partial charge in [-0.15, -0.1) is 4.98 Å². The second kappa shape index (κ2) is 6.49. The lowest BCUT2D eigenvalue weighted by molar-refractivity contribution is 1.20. The summed E-state index contributed by atoms with van der Waals surface area (Å²) in [4.78, 5) is 23.4. The molecule has 10 heteroatoms. The number of rotatable bonds is 0. The third-order valence-corrected chi connectivity index (χ3v) is 4.31. The van der Waals surface area contributed by atoms with Crippen LogP contribution in [0.1, 0.15) is 22.6 Å². The molecule has 0 fully saturated rings. The zero-order valence-corrected chi connectivity index (χ0v) is 14.6. The molecule has 4 aromatic rings. The Morgan fingerprint density at radius 3 is 1.70 bits per heavy atom. The molecular formula is C20H2N10. The van der Waals surface area contributed by atoms with E-state index in [-0.39, 0.29) is 56.2 Å². The van der Waals surface area contributed by atoms with Gasteiger partial charge in [-0.3, -0.25) is 0 Å². The third kappa shape index (κ3) is 2.31. The number of hydrogen-bond acceptors (Lipinski definition) is 8. The van der Waals surface area contributed by atoms with Gasteiger partial charge in [0.15, 0.2) is 22.6 Å². The van der Waals surface area contributed by atoms with Crippen molar-refractivity contribution in [3.8, 4) is 24.3 Å². The summed E-state index contributed by atoms with van der Waals surface area (Å²) in [5.41, 5.74) is -0.0404. The van der Waals surface area contributed by atoms with Gasteiger partial charge in [-0.1, -0.05) is 6.57 Å². The van der Waals surface area contributed by atoms with Gasteiger partial charge >= 0.3 is 5.82 Å². The van der Waals surface area contributed by atoms with Crippen molar-refractivity contribution in [1.29, 1.82) is 21.0 Å². The minimum absolute atomic E-state index is 0.0586. The molecule has 4 rings (SSSR count). The Bertz CT molecular complexity index is 1350. The van der Waals surface area contributed by atoms with E-state index in [0.29, 0.717) is 10.8 Å². The second-order valence-electron chi connectivity index (χ2n) is 5.80. The van der Waals surface area contributed by atoms with Gasteiger partial charge in [0.05, 0.1) is 18.2 Å². The smallest absolute Gasteiger partial charge is 0.307 e. The number of nitrogens with zero attached hydrogens (tertiary/aromatic N) is 10. The minimum Gasteiger partial charge on any atom is -0.358 e. The summed E-state index contributed by atoms with van der Waals surface area (Å²) >= 11 is 0. The van der Waals surface area contributed by atoms with E-state index >= 15 is 0 Å². The molecule has 0 saturated heterocycles. The van der Waals surface area contributed by atoms with E-state index in [4.69, 9.17) is 13.1 Å². The molecule has 2 aromatic carbocycles. The van der Waals surface area contributed by atoms with Gasteiger partial charge < -0.3 is 4.85 Å². The van der Waals surface area contributed by atoms with Crippen LogP contribution in [0.4, 0.5) is 11.5 Å². The topological polar surface area (TPSA) is 155 Å². The molecule has 0 unspecified atom stereocenters. The lowest BCUT2D eigenvalue weighted by Crippen LogP contribution is -2.00. The van der Waals surface area contributed by atoms with Crippen LogP contribution in [0.2, 0.25) is 0 Å². The highest BCUT2D eigenvalue weighted by Crippen LogP contribution is 2.37. The first-order valence-electron chi connectivity index (χ1n) is 7.98. The fraction of sp³-hybridized carbons (Fsp3) is 0. The highest BCUT2D eigenvalue weighted by Gasteiger charge is 2.22. The first-order valence-corrected chi connectivity index (χ1v) is 7.98. The van der Waals surface area contributed by atoms with Gasteiger partial charge in [-0.25, -0.2) is 19.8 Å². The van der Waals surface area contributed by atoms with Crippen molar-refractivity contribution in [2.75, 3.05) is 0 Å². The molecule has 0 spiro atoms. The van der Waals surface area contributed by atoms with E-state index in [1.165, 1.54) is 12.1 Å². The Morgan fingerprint density at radius 1 is 0.633 bits per heavy atom. The Hall–Kier alpha value is -5.68. The summed E-state index contributed by atoms with van der Waals surface area (Å²) in [6, 6.07) is 10.2. The molecule has 30 heavy (non-hydrogen) atoms. The number of hydrogen-bond donors (Lipinski definition) is 0. The summed E-state index contributed by atoms with van der Waals surface area (Å²) in [7, 11) is 0. The molecule has 2 heterocycles. The van der Waals surface area contributed by atoms with E-state index in [0.717, 1.165) is 0 Å². The SMILES string of the molecule is [C-]#[N+]c1cc2c(cc1C#N)c1nc(C#N)c(C#N)nc1c1nc(C#N)c([N+]#[C-])nc21. The molecule has 10 nitrogen and oxygen atoms in total. The van der Waals surface area contributed by atoms with Crippen molar-refractivity contribution < 1.29 is 0 Å². The van der Waals surface area contributed by atoms with E-state index in [1.807, 2.05) is 6.07 Å². The largest absolute Gasteiger partial charge is 0.358 e. The van der Waals surface area contributed by atoms with Crippen LogP contribution in [0, 0.1) is 58.5 Å². The average molecular weight is 382 g/mol. The van der Waals surface area contributed by atoms with Crippen LogP contribution >= 0.6 is 0 Å². The van der Waals surface area contributed by atoms with Crippen LogP contribution in [-0.2, 0) is 0 Å². The monoisotopic (exact) mass is 382 g/mol. The predicted molar refractivity (Wildman–Crippen MR) is 102 cm³/mol. The van der Waals surface area contributed by atoms with Crippen LogP contribution in [0.3, 0.4) is 0 Å². The Balaban J connectivity index is 2.42. The van der Waals surface area contributed by atoms with Gasteiger partial charge in [0.2, 0.25) is 5.69 Å².